The first kappa shape index (κ1) is 20.4. The van der Waals surface area contributed by atoms with Crippen LogP contribution in [-0.4, -0.2) is 16.7 Å². The first-order valence-electron chi connectivity index (χ1n) is 8.60. The summed E-state index contributed by atoms with van der Waals surface area (Å²) < 4.78 is 0. The van der Waals surface area contributed by atoms with Gasteiger partial charge >= 0.3 is 149 Å². The van der Waals surface area contributed by atoms with Crippen molar-refractivity contribution in [1.82, 2.24) is 0 Å². The molecule has 0 saturated heterocycles. The van der Waals surface area contributed by atoms with Gasteiger partial charge in [-0.05, 0) is 0 Å². The molecule has 3 aromatic carbocycles. The van der Waals surface area contributed by atoms with E-state index in [1.165, 1.54) is 0 Å². The Bertz CT molecular complexity index is 726. The van der Waals surface area contributed by atoms with E-state index in [2.05, 4.69) is 36.4 Å². The van der Waals surface area contributed by atoms with E-state index >= 15 is 0 Å². The quantitative estimate of drug-likeness (QED) is 0.596. The second-order valence-corrected chi connectivity index (χ2v) is 10.3. The zero-order valence-corrected chi connectivity index (χ0v) is 17.4. The van der Waals surface area contributed by atoms with Gasteiger partial charge in [-0.3, -0.25) is 0 Å². The molecule has 0 aromatic heterocycles. The van der Waals surface area contributed by atoms with Gasteiger partial charge < -0.3 is 0 Å². The van der Waals surface area contributed by atoms with Crippen LogP contribution in [0.2, 0.25) is 0 Å². The fraction of sp³-hybridized carbons (Fsp3) is 0.136. The molecule has 2 nitrogen and oxygen atoms in total. The molecule has 0 bridgehead atoms. The summed E-state index contributed by atoms with van der Waals surface area (Å²) in [6.45, 7) is 1.98. The van der Waals surface area contributed by atoms with E-state index < -0.39 is 18.9 Å². The third-order valence-electron chi connectivity index (χ3n) is 4.92. The Morgan fingerprint density at radius 1 is 0.769 bits per heavy atom. The zero-order valence-electron chi connectivity index (χ0n) is 14.7. The molecule has 0 aliphatic rings. The molecule has 0 saturated carbocycles. The van der Waals surface area contributed by atoms with Gasteiger partial charge in [0.25, 0.3) is 0 Å². The van der Waals surface area contributed by atoms with E-state index in [9.17, 15) is 9.90 Å². The third kappa shape index (κ3) is 3.60. The van der Waals surface area contributed by atoms with Gasteiger partial charge in [-0.2, -0.15) is 0 Å². The van der Waals surface area contributed by atoms with E-state index in [1.807, 2.05) is 61.5 Å². The molecule has 1 N–H and O–H groups in total. The van der Waals surface area contributed by atoms with Gasteiger partial charge in [0.05, 0.1) is 0 Å². The first-order valence-corrected chi connectivity index (χ1v) is 10.7. The average molecular weight is 431 g/mol. The topological polar surface area (TPSA) is 37.3 Å². The van der Waals surface area contributed by atoms with Crippen LogP contribution in [0.3, 0.4) is 0 Å². The predicted molar refractivity (Wildman–Crippen MR) is 119 cm³/mol. The van der Waals surface area contributed by atoms with Crippen LogP contribution in [0.1, 0.15) is 13.3 Å². The maximum absolute atomic E-state index is 12.3. The molecule has 1 unspecified atom stereocenters. The van der Waals surface area contributed by atoms with Crippen LogP contribution in [0.4, 0.5) is 0 Å². The summed E-state index contributed by atoms with van der Waals surface area (Å²) in [5.74, 6) is -0.717. The summed E-state index contributed by atoms with van der Waals surface area (Å²) in [6, 6.07) is 30.6. The Kier molecular flexibility index (Phi) is 7.14. The molecule has 136 valence electrons. The Hall–Kier alpha value is -1.96. The fourth-order valence-electron chi connectivity index (χ4n) is 3.87. The van der Waals surface area contributed by atoms with Crippen molar-refractivity contribution >= 4 is 46.1 Å². The summed E-state index contributed by atoms with van der Waals surface area (Å²) in [5.41, 5.74) is -0.431. The molecular weight excluding hydrogens is 407 g/mol. The number of carbonyl (C=O) groups is 1. The van der Waals surface area contributed by atoms with Crippen molar-refractivity contribution in [3.63, 3.8) is 0 Å². The van der Waals surface area contributed by atoms with Gasteiger partial charge in [-0.1, -0.05) is 0 Å². The summed E-state index contributed by atoms with van der Waals surface area (Å²) in [6.07, 6.45) is 0.597. The first-order chi connectivity index (χ1) is 12.2. The normalized spacial score (nSPS) is 12.7. The molecule has 0 heterocycles. The zero-order chi connectivity index (χ0) is 17.7. The van der Waals surface area contributed by atoms with E-state index in [-0.39, 0.29) is 17.0 Å². The Balaban J connectivity index is 0.00000243. The number of rotatable bonds is 6. The van der Waals surface area contributed by atoms with Crippen LogP contribution < -0.4 is 15.9 Å². The van der Waals surface area contributed by atoms with Crippen molar-refractivity contribution < 1.29 is 9.90 Å². The van der Waals surface area contributed by atoms with E-state index in [1.54, 1.807) is 0 Å². The van der Waals surface area contributed by atoms with E-state index in [0.717, 1.165) is 15.9 Å². The van der Waals surface area contributed by atoms with Gasteiger partial charge in [0.2, 0.25) is 0 Å². The number of carboxylic acids is 1. The van der Waals surface area contributed by atoms with Gasteiger partial charge in [-0.25, -0.2) is 0 Å². The predicted octanol–water partition coefficient (Wildman–Crippen LogP) is 4.15. The third-order valence-corrected chi connectivity index (χ3v) is 10.3. The van der Waals surface area contributed by atoms with Crippen molar-refractivity contribution in [2.75, 3.05) is 0 Å². The molecule has 0 fully saturated rings. The standard InChI is InChI=1S/C22H23O2P.BrH/c1-2-21(22(23)24)25(18-12-6-3-7-13-18,19-14-8-4-9-15-19)20-16-10-5-11-17-20;/h3-17,21,25H,2H2,1H3,(H,23,24);1H. The second kappa shape index (κ2) is 9.12. The van der Waals surface area contributed by atoms with Crippen molar-refractivity contribution in [3.05, 3.63) is 91.0 Å². The van der Waals surface area contributed by atoms with Crippen LogP contribution in [-0.2, 0) is 4.79 Å². The van der Waals surface area contributed by atoms with Crippen molar-refractivity contribution in [1.29, 1.82) is 0 Å². The molecule has 1 atom stereocenters. The second-order valence-electron chi connectivity index (χ2n) is 6.21. The Labute approximate surface area is 166 Å². The molecule has 3 rings (SSSR count). The number of hydrogen-bond donors (Lipinski definition) is 1. The minimum absolute atomic E-state index is 0. The SMILES string of the molecule is Br.CCC(C(=O)O)[PH](c1ccccc1)(c1ccccc1)c1ccccc1. The summed E-state index contributed by atoms with van der Waals surface area (Å²) >= 11 is 0. The fourth-order valence-corrected chi connectivity index (χ4v) is 9.22. The number of benzene rings is 3. The Morgan fingerprint density at radius 3 is 1.31 bits per heavy atom. The van der Waals surface area contributed by atoms with Crippen LogP contribution in [0.25, 0.3) is 0 Å². The molecule has 3 aromatic rings. The molecule has 0 radical (unpaired) electrons. The van der Waals surface area contributed by atoms with Gasteiger partial charge in [0.1, 0.15) is 0 Å². The van der Waals surface area contributed by atoms with Crippen LogP contribution in [0.15, 0.2) is 91.0 Å². The maximum atomic E-state index is 12.3. The average Bonchev–Trinajstić information content (AvgIpc) is 2.68. The molecule has 0 amide bonds. The Morgan fingerprint density at radius 2 is 1.08 bits per heavy atom. The minimum atomic E-state index is -2.72. The molecular formula is C22H24BrO2P. The molecule has 4 heteroatoms. The van der Waals surface area contributed by atoms with Gasteiger partial charge in [0.15, 0.2) is 0 Å². The number of hydrogen-bond acceptors (Lipinski definition) is 1. The van der Waals surface area contributed by atoms with Crippen molar-refractivity contribution in [2.24, 2.45) is 0 Å². The van der Waals surface area contributed by atoms with Gasteiger partial charge in [0, 0.05) is 0 Å². The van der Waals surface area contributed by atoms with Crippen LogP contribution >= 0.6 is 24.2 Å². The molecule has 0 spiro atoms. The summed E-state index contributed by atoms with van der Waals surface area (Å²) in [7, 11) is -2.72. The van der Waals surface area contributed by atoms with Crippen molar-refractivity contribution in [3.8, 4) is 0 Å². The number of carboxylic acid groups (broad SMARTS) is 1. The van der Waals surface area contributed by atoms with Crippen LogP contribution in [0.5, 0.6) is 0 Å². The van der Waals surface area contributed by atoms with Crippen molar-refractivity contribution in [2.45, 2.75) is 19.0 Å². The van der Waals surface area contributed by atoms with Crippen LogP contribution in [0, 0.1) is 0 Å². The molecule has 0 aliphatic carbocycles. The van der Waals surface area contributed by atoms with E-state index in [4.69, 9.17) is 0 Å². The monoisotopic (exact) mass is 430 g/mol. The number of halogens is 1. The van der Waals surface area contributed by atoms with Gasteiger partial charge in [-0.15, -0.1) is 17.0 Å². The molecule has 0 aliphatic heterocycles. The summed E-state index contributed by atoms with van der Waals surface area (Å²) in [4.78, 5) is 12.3. The van der Waals surface area contributed by atoms with E-state index in [0.29, 0.717) is 6.42 Å². The number of aliphatic carboxylic acids is 1. The molecule has 26 heavy (non-hydrogen) atoms. The summed E-state index contributed by atoms with van der Waals surface area (Å²) in [5, 5.41) is 13.5.